The molecule has 5 aromatic rings. The Morgan fingerprint density at radius 2 is 1.18 bits per heavy atom. The van der Waals surface area contributed by atoms with Gasteiger partial charge < -0.3 is 4.42 Å². The van der Waals surface area contributed by atoms with E-state index < -0.39 is 0 Å². The van der Waals surface area contributed by atoms with Gasteiger partial charge in [-0.1, -0.05) is 54.6 Å². The van der Waals surface area contributed by atoms with Crippen LogP contribution in [0.25, 0.3) is 31.1 Å². The summed E-state index contributed by atoms with van der Waals surface area (Å²) in [5.74, 6) is 0. The van der Waals surface area contributed by atoms with Gasteiger partial charge in [0.05, 0.1) is 6.26 Å². The molecule has 0 fully saturated rings. The Hall–Kier alpha value is -2.58. The van der Waals surface area contributed by atoms with Crippen LogP contribution in [0.1, 0.15) is 0 Å². The van der Waals surface area contributed by atoms with E-state index in [-0.39, 0.29) is 0 Å². The van der Waals surface area contributed by atoms with Gasteiger partial charge in [0.15, 0.2) is 0 Å². The SMILES string of the molecule is c1ccc2c(c1)sc1ccccc12.c1ccc2occc2c1. The Balaban J connectivity index is 0.000000122. The van der Waals surface area contributed by atoms with Crippen LogP contribution in [0.5, 0.6) is 0 Å². The predicted molar refractivity (Wildman–Crippen MR) is 95.5 cm³/mol. The Bertz CT molecular complexity index is 959. The van der Waals surface area contributed by atoms with Crippen molar-refractivity contribution in [1.29, 1.82) is 0 Å². The van der Waals surface area contributed by atoms with E-state index in [1.54, 1.807) is 6.26 Å². The average Bonchev–Trinajstić information content (AvgIpc) is 3.19. The molecule has 22 heavy (non-hydrogen) atoms. The smallest absolute Gasteiger partial charge is 0.133 e. The first-order chi connectivity index (χ1) is 10.9. The van der Waals surface area contributed by atoms with E-state index in [0.717, 1.165) is 11.0 Å². The van der Waals surface area contributed by atoms with Crippen molar-refractivity contribution in [3.8, 4) is 0 Å². The number of para-hydroxylation sites is 1. The second-order valence-corrected chi connectivity index (χ2v) is 6.14. The molecule has 0 radical (unpaired) electrons. The lowest BCUT2D eigenvalue weighted by Gasteiger charge is -1.88. The Morgan fingerprint density at radius 3 is 1.86 bits per heavy atom. The lowest BCUT2D eigenvalue weighted by molar-refractivity contribution is 0.616. The van der Waals surface area contributed by atoms with Gasteiger partial charge in [0.2, 0.25) is 0 Å². The van der Waals surface area contributed by atoms with Gasteiger partial charge in [-0.15, -0.1) is 11.3 Å². The molecule has 0 bridgehead atoms. The van der Waals surface area contributed by atoms with Crippen LogP contribution >= 0.6 is 11.3 Å². The maximum Gasteiger partial charge on any atom is 0.133 e. The fourth-order valence-electron chi connectivity index (χ4n) is 2.58. The lowest BCUT2D eigenvalue weighted by Crippen LogP contribution is -1.62. The summed E-state index contributed by atoms with van der Waals surface area (Å²) in [6.45, 7) is 0. The van der Waals surface area contributed by atoms with Crippen molar-refractivity contribution in [2.24, 2.45) is 0 Å². The first-order valence-electron chi connectivity index (χ1n) is 7.20. The van der Waals surface area contributed by atoms with E-state index in [9.17, 15) is 0 Å². The molecular formula is C20H14OS. The van der Waals surface area contributed by atoms with Crippen LogP contribution in [-0.4, -0.2) is 0 Å². The predicted octanol–water partition coefficient (Wildman–Crippen LogP) is 6.49. The summed E-state index contributed by atoms with van der Waals surface area (Å²) >= 11 is 1.86. The van der Waals surface area contributed by atoms with Crippen LogP contribution in [0, 0.1) is 0 Å². The molecule has 1 nitrogen and oxygen atoms in total. The summed E-state index contributed by atoms with van der Waals surface area (Å²) in [6.07, 6.45) is 1.70. The second-order valence-electron chi connectivity index (χ2n) is 5.05. The monoisotopic (exact) mass is 302 g/mol. The van der Waals surface area contributed by atoms with Gasteiger partial charge in [-0.3, -0.25) is 0 Å². The molecule has 2 heterocycles. The maximum atomic E-state index is 5.12. The second kappa shape index (κ2) is 5.66. The molecular weight excluding hydrogens is 288 g/mol. The zero-order valence-corrected chi connectivity index (χ0v) is 12.7. The van der Waals surface area contributed by atoms with E-state index in [0.29, 0.717) is 0 Å². The molecule has 2 heteroatoms. The maximum absolute atomic E-state index is 5.12. The summed E-state index contributed by atoms with van der Waals surface area (Å²) in [4.78, 5) is 0. The number of fused-ring (bicyclic) bond motifs is 4. The number of hydrogen-bond donors (Lipinski definition) is 0. The molecule has 106 valence electrons. The summed E-state index contributed by atoms with van der Waals surface area (Å²) in [6, 6.07) is 27.0. The van der Waals surface area contributed by atoms with Gasteiger partial charge in [-0.2, -0.15) is 0 Å². The van der Waals surface area contributed by atoms with Gasteiger partial charge in [0.1, 0.15) is 5.58 Å². The van der Waals surface area contributed by atoms with Crippen molar-refractivity contribution in [2.75, 3.05) is 0 Å². The number of rotatable bonds is 0. The largest absolute Gasteiger partial charge is 0.464 e. The summed E-state index contributed by atoms with van der Waals surface area (Å²) in [5.41, 5.74) is 0.956. The van der Waals surface area contributed by atoms with Crippen molar-refractivity contribution in [3.05, 3.63) is 85.1 Å². The quantitative estimate of drug-likeness (QED) is 0.319. The Labute approximate surface area is 132 Å². The van der Waals surface area contributed by atoms with Gasteiger partial charge in [0.25, 0.3) is 0 Å². The molecule has 0 spiro atoms. The molecule has 0 amide bonds. The highest BCUT2D eigenvalue weighted by molar-refractivity contribution is 7.25. The fraction of sp³-hybridized carbons (Fsp3) is 0. The minimum absolute atomic E-state index is 0.956. The van der Waals surface area contributed by atoms with Crippen LogP contribution in [0.4, 0.5) is 0 Å². The van der Waals surface area contributed by atoms with Crippen molar-refractivity contribution in [3.63, 3.8) is 0 Å². The average molecular weight is 302 g/mol. The highest BCUT2D eigenvalue weighted by Crippen LogP contribution is 2.32. The normalized spacial score (nSPS) is 10.7. The van der Waals surface area contributed by atoms with Gasteiger partial charge in [-0.05, 0) is 24.3 Å². The molecule has 0 saturated heterocycles. The molecule has 0 atom stereocenters. The van der Waals surface area contributed by atoms with Crippen molar-refractivity contribution in [2.45, 2.75) is 0 Å². The number of thiophene rings is 1. The number of hydrogen-bond acceptors (Lipinski definition) is 2. The minimum Gasteiger partial charge on any atom is -0.464 e. The number of benzene rings is 3. The summed E-state index contributed by atoms with van der Waals surface area (Å²) in [5, 5.41) is 3.92. The van der Waals surface area contributed by atoms with Crippen LogP contribution in [0.3, 0.4) is 0 Å². The lowest BCUT2D eigenvalue weighted by atomic mass is 10.2. The van der Waals surface area contributed by atoms with Gasteiger partial charge >= 0.3 is 0 Å². The topological polar surface area (TPSA) is 13.1 Å². The Morgan fingerprint density at radius 1 is 0.591 bits per heavy atom. The first-order valence-corrected chi connectivity index (χ1v) is 8.02. The third kappa shape index (κ3) is 2.38. The molecule has 0 aliphatic heterocycles. The zero-order chi connectivity index (χ0) is 14.8. The molecule has 0 N–H and O–H groups in total. The van der Waals surface area contributed by atoms with Crippen LogP contribution in [-0.2, 0) is 0 Å². The van der Waals surface area contributed by atoms with Crippen LogP contribution in [0.2, 0.25) is 0 Å². The molecule has 5 rings (SSSR count). The molecule has 0 unspecified atom stereocenters. The third-order valence-electron chi connectivity index (χ3n) is 3.65. The summed E-state index contributed by atoms with van der Waals surface area (Å²) < 4.78 is 7.87. The molecule has 0 aliphatic rings. The minimum atomic E-state index is 0.956. The molecule has 0 aliphatic carbocycles. The van der Waals surface area contributed by atoms with Gasteiger partial charge in [0, 0.05) is 25.6 Å². The third-order valence-corrected chi connectivity index (χ3v) is 4.80. The van der Waals surface area contributed by atoms with Crippen LogP contribution < -0.4 is 0 Å². The Kier molecular flexibility index (Phi) is 3.37. The van der Waals surface area contributed by atoms with E-state index in [1.165, 1.54) is 20.2 Å². The van der Waals surface area contributed by atoms with Gasteiger partial charge in [-0.25, -0.2) is 0 Å². The highest BCUT2D eigenvalue weighted by Gasteiger charge is 2.01. The van der Waals surface area contributed by atoms with Crippen LogP contribution in [0.15, 0.2) is 89.5 Å². The van der Waals surface area contributed by atoms with Crippen molar-refractivity contribution >= 4 is 42.5 Å². The summed E-state index contributed by atoms with van der Waals surface area (Å²) in [7, 11) is 0. The number of furan rings is 1. The molecule has 3 aromatic carbocycles. The standard InChI is InChI=1S/C12H8S.C8H6O/c1-3-7-11-9(5-1)10-6-2-4-8-12(10)13-11;1-2-4-8-7(3-1)5-6-9-8/h1-8H;1-6H. The molecule has 2 aromatic heterocycles. The van der Waals surface area contributed by atoms with Crippen molar-refractivity contribution < 1.29 is 4.42 Å². The van der Waals surface area contributed by atoms with E-state index in [1.807, 2.05) is 41.7 Å². The zero-order valence-electron chi connectivity index (χ0n) is 11.9. The highest BCUT2D eigenvalue weighted by atomic mass is 32.1. The van der Waals surface area contributed by atoms with E-state index in [2.05, 4.69) is 48.5 Å². The molecule has 0 saturated carbocycles. The van der Waals surface area contributed by atoms with E-state index >= 15 is 0 Å². The first kappa shape index (κ1) is 13.1. The fourth-order valence-corrected chi connectivity index (χ4v) is 3.69. The van der Waals surface area contributed by atoms with Crippen molar-refractivity contribution in [1.82, 2.24) is 0 Å². The van der Waals surface area contributed by atoms with E-state index in [4.69, 9.17) is 4.42 Å².